The second kappa shape index (κ2) is 9.00. The van der Waals surface area contributed by atoms with Crippen LogP contribution in [0.1, 0.15) is 23.6 Å². The molecule has 170 valence electrons. The van der Waals surface area contributed by atoms with Gasteiger partial charge < -0.3 is 10.3 Å². The highest BCUT2D eigenvalue weighted by Gasteiger charge is 2.35. The maximum absolute atomic E-state index is 14.8. The van der Waals surface area contributed by atoms with E-state index in [0.717, 1.165) is 16.5 Å². The highest BCUT2D eigenvalue weighted by Crippen LogP contribution is 2.38. The summed E-state index contributed by atoms with van der Waals surface area (Å²) in [6, 6.07) is 21.0. The summed E-state index contributed by atoms with van der Waals surface area (Å²) in [6.45, 7) is 0. The molecule has 1 aliphatic heterocycles. The Kier molecular flexibility index (Phi) is 5.89. The number of fused-ring (bicyclic) bond motifs is 1. The first kappa shape index (κ1) is 22.3. The van der Waals surface area contributed by atoms with Crippen molar-refractivity contribution < 1.29 is 4.39 Å². The van der Waals surface area contributed by atoms with E-state index in [4.69, 9.17) is 28.9 Å². The van der Waals surface area contributed by atoms with E-state index in [0.29, 0.717) is 38.9 Å². The summed E-state index contributed by atoms with van der Waals surface area (Å²) < 4.78 is 14.8. The fourth-order valence-electron chi connectivity index (χ4n) is 4.40. The predicted octanol–water partition coefficient (Wildman–Crippen LogP) is 5.64. The third kappa shape index (κ3) is 3.87. The molecule has 0 saturated heterocycles. The standard InChI is InChI=1S/C26H20ClFN4OS/c1-29-26(34)32-22(17-9-5-6-10-19(17)28)14-21(31-32)24-23(15-7-3-2-4-8-15)18-13-16(27)11-12-20(18)30-25(24)33/h2-13,22H,14H2,1H3,(H,29,34)(H,30,33)/t22-/m0/s1. The van der Waals surface area contributed by atoms with Gasteiger partial charge in [-0.1, -0.05) is 60.1 Å². The van der Waals surface area contributed by atoms with Crippen LogP contribution < -0.4 is 10.9 Å². The van der Waals surface area contributed by atoms with Crippen LogP contribution in [0.5, 0.6) is 0 Å². The summed E-state index contributed by atoms with van der Waals surface area (Å²) in [5.74, 6) is -0.352. The molecule has 1 atom stereocenters. The van der Waals surface area contributed by atoms with Crippen molar-refractivity contribution in [3.63, 3.8) is 0 Å². The number of nitrogens with zero attached hydrogens (tertiary/aromatic N) is 2. The number of hydrazone groups is 1. The molecule has 0 saturated carbocycles. The summed E-state index contributed by atoms with van der Waals surface area (Å²) in [4.78, 5) is 16.4. The average Bonchev–Trinajstić information content (AvgIpc) is 3.28. The maximum Gasteiger partial charge on any atom is 0.258 e. The normalized spacial score (nSPS) is 15.4. The number of rotatable bonds is 3. The zero-order valence-electron chi connectivity index (χ0n) is 18.2. The minimum atomic E-state index is -0.491. The molecule has 3 aromatic carbocycles. The number of thiocarbonyl (C=S) groups is 1. The van der Waals surface area contributed by atoms with Gasteiger partial charge in [0, 0.05) is 40.5 Å². The maximum atomic E-state index is 14.8. The summed E-state index contributed by atoms with van der Waals surface area (Å²) in [5.41, 5.74) is 3.37. The van der Waals surface area contributed by atoms with Crippen LogP contribution in [0.15, 0.2) is 82.7 Å². The van der Waals surface area contributed by atoms with Gasteiger partial charge in [-0.05, 0) is 42.0 Å². The Bertz CT molecular complexity index is 1500. The highest BCUT2D eigenvalue weighted by molar-refractivity contribution is 7.80. The van der Waals surface area contributed by atoms with Crippen molar-refractivity contribution in [3.8, 4) is 11.1 Å². The van der Waals surface area contributed by atoms with E-state index in [-0.39, 0.29) is 11.4 Å². The molecule has 0 bridgehead atoms. The number of nitrogens with one attached hydrogen (secondary N) is 2. The molecule has 0 amide bonds. The highest BCUT2D eigenvalue weighted by atomic mass is 35.5. The Hall–Kier alpha value is -3.55. The SMILES string of the molecule is CNC(=S)N1N=C(c2c(-c3ccccc3)c3cc(Cl)ccc3[nH]c2=O)C[C@H]1c1ccccc1F. The molecule has 0 spiro atoms. The molecule has 5 nitrogen and oxygen atoms in total. The monoisotopic (exact) mass is 490 g/mol. The number of benzene rings is 3. The molecule has 2 heterocycles. The van der Waals surface area contributed by atoms with Gasteiger partial charge in [-0.2, -0.15) is 5.10 Å². The minimum Gasteiger partial charge on any atom is -0.364 e. The third-order valence-corrected chi connectivity index (χ3v) is 6.55. The first-order chi connectivity index (χ1) is 16.5. The van der Waals surface area contributed by atoms with Crippen LogP contribution in [0, 0.1) is 5.82 Å². The fraction of sp³-hybridized carbons (Fsp3) is 0.115. The quantitative estimate of drug-likeness (QED) is 0.365. The number of halogens is 2. The van der Waals surface area contributed by atoms with Crippen LogP contribution >= 0.6 is 23.8 Å². The molecule has 5 rings (SSSR count). The zero-order valence-corrected chi connectivity index (χ0v) is 19.8. The first-order valence-corrected chi connectivity index (χ1v) is 11.5. The van der Waals surface area contributed by atoms with Crippen molar-refractivity contribution in [1.82, 2.24) is 15.3 Å². The van der Waals surface area contributed by atoms with E-state index in [1.807, 2.05) is 36.4 Å². The topological polar surface area (TPSA) is 60.5 Å². The van der Waals surface area contributed by atoms with E-state index < -0.39 is 6.04 Å². The van der Waals surface area contributed by atoms with Gasteiger partial charge in [0.1, 0.15) is 5.82 Å². The molecule has 2 N–H and O–H groups in total. The van der Waals surface area contributed by atoms with Crippen molar-refractivity contribution in [1.29, 1.82) is 0 Å². The van der Waals surface area contributed by atoms with Crippen LogP contribution in [0.4, 0.5) is 4.39 Å². The molecule has 0 unspecified atom stereocenters. The molecular weight excluding hydrogens is 471 g/mol. The molecule has 0 fully saturated rings. The summed E-state index contributed by atoms with van der Waals surface area (Å²) in [6.07, 6.45) is 0.303. The first-order valence-electron chi connectivity index (χ1n) is 10.7. The van der Waals surface area contributed by atoms with Crippen molar-refractivity contribution >= 4 is 45.5 Å². The van der Waals surface area contributed by atoms with Gasteiger partial charge in [0.25, 0.3) is 5.56 Å². The Morgan fingerprint density at radius 2 is 1.85 bits per heavy atom. The zero-order chi connectivity index (χ0) is 23.8. The fourth-order valence-corrected chi connectivity index (χ4v) is 4.74. The van der Waals surface area contributed by atoms with Crippen LogP contribution in [0.3, 0.4) is 0 Å². The van der Waals surface area contributed by atoms with Gasteiger partial charge in [-0.25, -0.2) is 9.40 Å². The molecule has 1 aliphatic rings. The number of aromatic amines is 1. The summed E-state index contributed by atoms with van der Waals surface area (Å²) in [7, 11) is 1.69. The van der Waals surface area contributed by atoms with Crippen molar-refractivity contribution in [2.75, 3.05) is 7.05 Å². The predicted molar refractivity (Wildman–Crippen MR) is 139 cm³/mol. The van der Waals surface area contributed by atoms with Crippen molar-refractivity contribution in [2.24, 2.45) is 5.10 Å². The minimum absolute atomic E-state index is 0.281. The largest absolute Gasteiger partial charge is 0.364 e. The van der Waals surface area contributed by atoms with Gasteiger partial charge in [0.05, 0.1) is 17.3 Å². The van der Waals surface area contributed by atoms with E-state index >= 15 is 0 Å². The Morgan fingerprint density at radius 3 is 2.59 bits per heavy atom. The average molecular weight is 491 g/mol. The lowest BCUT2D eigenvalue weighted by atomic mass is 9.91. The van der Waals surface area contributed by atoms with Crippen molar-refractivity contribution in [3.05, 3.63) is 105 Å². The van der Waals surface area contributed by atoms with Gasteiger partial charge in [-0.3, -0.25) is 4.79 Å². The van der Waals surface area contributed by atoms with E-state index in [2.05, 4.69) is 10.3 Å². The molecule has 0 aliphatic carbocycles. The summed E-state index contributed by atoms with van der Waals surface area (Å²) in [5, 5.41) is 10.9. The lowest BCUT2D eigenvalue weighted by Gasteiger charge is -2.24. The van der Waals surface area contributed by atoms with E-state index in [1.165, 1.54) is 6.07 Å². The van der Waals surface area contributed by atoms with Gasteiger partial charge in [0.2, 0.25) is 0 Å². The molecule has 4 aromatic rings. The third-order valence-electron chi connectivity index (χ3n) is 5.92. The lowest BCUT2D eigenvalue weighted by molar-refractivity contribution is 0.356. The number of hydrogen-bond donors (Lipinski definition) is 2. The van der Waals surface area contributed by atoms with Crippen LogP contribution in [-0.2, 0) is 0 Å². The van der Waals surface area contributed by atoms with Crippen LogP contribution in [0.2, 0.25) is 5.02 Å². The Morgan fingerprint density at radius 1 is 1.12 bits per heavy atom. The Balaban J connectivity index is 1.76. The second-order valence-electron chi connectivity index (χ2n) is 7.95. The second-order valence-corrected chi connectivity index (χ2v) is 8.77. The lowest BCUT2D eigenvalue weighted by Crippen LogP contribution is -2.34. The van der Waals surface area contributed by atoms with Crippen LogP contribution in [-0.4, -0.2) is 27.9 Å². The smallest absolute Gasteiger partial charge is 0.258 e. The van der Waals surface area contributed by atoms with Gasteiger partial charge in [0.15, 0.2) is 5.11 Å². The molecule has 34 heavy (non-hydrogen) atoms. The van der Waals surface area contributed by atoms with Gasteiger partial charge >= 0.3 is 0 Å². The molecule has 8 heteroatoms. The van der Waals surface area contributed by atoms with E-state index in [1.54, 1.807) is 42.4 Å². The Labute approximate surface area is 205 Å². The van der Waals surface area contributed by atoms with Crippen LogP contribution in [0.25, 0.3) is 22.0 Å². The number of aromatic nitrogens is 1. The molecular formula is C26H20ClFN4OS. The molecule has 1 aromatic heterocycles. The number of hydrogen-bond acceptors (Lipinski definition) is 3. The van der Waals surface area contributed by atoms with Crippen molar-refractivity contribution in [2.45, 2.75) is 12.5 Å². The van der Waals surface area contributed by atoms with Gasteiger partial charge in [-0.15, -0.1) is 0 Å². The summed E-state index contributed by atoms with van der Waals surface area (Å²) >= 11 is 11.8. The molecule has 0 radical (unpaired) electrons. The number of pyridine rings is 1. The van der Waals surface area contributed by atoms with E-state index in [9.17, 15) is 9.18 Å². The number of H-pyrrole nitrogens is 1.